The molecule has 1 aromatic carbocycles. The molecule has 1 amide bonds. The molecular formula is C14H15ClFNO5S. The predicted octanol–water partition coefficient (Wildman–Crippen LogP) is 1.79. The van der Waals surface area contributed by atoms with Crippen LogP contribution in [0, 0.1) is 11.7 Å². The summed E-state index contributed by atoms with van der Waals surface area (Å²) in [7, 11) is -3.05. The van der Waals surface area contributed by atoms with Crippen LogP contribution in [0.1, 0.15) is 12.8 Å². The minimum Gasteiger partial charge on any atom is -0.456 e. The number of halogens is 2. The summed E-state index contributed by atoms with van der Waals surface area (Å²) >= 11 is 5.76. The zero-order chi connectivity index (χ0) is 17.0. The van der Waals surface area contributed by atoms with E-state index in [0.717, 1.165) is 12.1 Å². The van der Waals surface area contributed by atoms with Crippen LogP contribution in [0.3, 0.4) is 0 Å². The van der Waals surface area contributed by atoms with Crippen LogP contribution in [-0.4, -0.2) is 38.4 Å². The second-order valence-corrected chi connectivity index (χ2v) is 7.94. The Morgan fingerprint density at radius 1 is 1.39 bits per heavy atom. The van der Waals surface area contributed by atoms with Crippen LogP contribution in [0.15, 0.2) is 18.2 Å². The number of esters is 1. The molecule has 1 aliphatic rings. The van der Waals surface area contributed by atoms with Crippen molar-refractivity contribution in [3.8, 4) is 0 Å². The van der Waals surface area contributed by atoms with E-state index in [1.807, 2.05) is 0 Å². The van der Waals surface area contributed by atoms with Crippen molar-refractivity contribution < 1.29 is 27.1 Å². The van der Waals surface area contributed by atoms with E-state index >= 15 is 0 Å². The van der Waals surface area contributed by atoms with Crippen molar-refractivity contribution in [1.82, 2.24) is 0 Å². The van der Waals surface area contributed by atoms with Crippen LogP contribution >= 0.6 is 11.6 Å². The summed E-state index contributed by atoms with van der Waals surface area (Å²) in [5.41, 5.74) is 0.205. The van der Waals surface area contributed by atoms with Crippen LogP contribution in [-0.2, 0) is 24.2 Å². The lowest BCUT2D eigenvalue weighted by Crippen LogP contribution is -2.22. The molecule has 0 saturated carbocycles. The van der Waals surface area contributed by atoms with Crippen LogP contribution in [0.4, 0.5) is 10.1 Å². The van der Waals surface area contributed by atoms with Crippen molar-refractivity contribution in [2.75, 3.05) is 23.4 Å². The number of sulfone groups is 1. The zero-order valence-corrected chi connectivity index (χ0v) is 13.6. The lowest BCUT2D eigenvalue weighted by atomic mass is 10.1. The van der Waals surface area contributed by atoms with E-state index in [1.165, 1.54) is 6.07 Å². The summed E-state index contributed by atoms with van der Waals surface area (Å²) in [4.78, 5) is 23.3. The number of hydrogen-bond donors (Lipinski definition) is 1. The van der Waals surface area contributed by atoms with Gasteiger partial charge in [0, 0.05) is 6.42 Å². The third-order valence-corrected chi connectivity index (χ3v) is 5.50. The zero-order valence-electron chi connectivity index (χ0n) is 12.1. The normalized spacial score (nSPS) is 19.3. The topological polar surface area (TPSA) is 89.5 Å². The molecule has 1 fully saturated rings. The molecule has 0 aromatic heterocycles. The third-order valence-electron chi connectivity index (χ3n) is 3.35. The maximum atomic E-state index is 12.9. The van der Waals surface area contributed by atoms with Gasteiger partial charge in [0.15, 0.2) is 16.4 Å². The van der Waals surface area contributed by atoms with Gasteiger partial charge in [0.25, 0.3) is 5.91 Å². The molecule has 9 heteroatoms. The molecule has 1 aliphatic heterocycles. The molecule has 126 valence electrons. The molecule has 1 N–H and O–H groups in total. The van der Waals surface area contributed by atoms with Crippen molar-refractivity contribution in [2.24, 2.45) is 5.92 Å². The SMILES string of the molecule is O=C(COC(=O)C[C@H]1CCS(=O)(=O)C1)Nc1ccc(F)cc1Cl. The van der Waals surface area contributed by atoms with Gasteiger partial charge in [-0.2, -0.15) is 0 Å². The maximum Gasteiger partial charge on any atom is 0.306 e. The minimum absolute atomic E-state index is 0.0283. The van der Waals surface area contributed by atoms with Crippen molar-refractivity contribution in [2.45, 2.75) is 12.8 Å². The Morgan fingerprint density at radius 3 is 2.74 bits per heavy atom. The number of carbonyl (C=O) groups is 2. The summed E-state index contributed by atoms with van der Waals surface area (Å²) in [6, 6.07) is 3.47. The van der Waals surface area contributed by atoms with Gasteiger partial charge in [-0.1, -0.05) is 11.6 Å². The van der Waals surface area contributed by atoms with Gasteiger partial charge >= 0.3 is 5.97 Å². The van der Waals surface area contributed by atoms with E-state index in [-0.39, 0.29) is 34.6 Å². The Hall–Kier alpha value is -1.67. The second-order valence-electron chi connectivity index (χ2n) is 5.31. The van der Waals surface area contributed by atoms with Gasteiger partial charge in [-0.3, -0.25) is 9.59 Å². The first-order valence-corrected chi connectivity index (χ1v) is 9.06. The molecule has 0 unspecified atom stereocenters. The Kier molecular flexibility index (Phi) is 5.59. The van der Waals surface area contributed by atoms with Crippen molar-refractivity contribution in [3.63, 3.8) is 0 Å². The third kappa shape index (κ3) is 5.47. The predicted molar refractivity (Wildman–Crippen MR) is 82.4 cm³/mol. The standard InChI is InChI=1S/C14H15ClFNO5S/c15-11-6-10(16)1-2-12(11)17-13(18)7-22-14(19)5-9-3-4-23(20,21)8-9/h1-2,6,9H,3-5,7-8H2,(H,17,18)/t9-/m1/s1. The van der Waals surface area contributed by atoms with Gasteiger partial charge < -0.3 is 10.1 Å². The van der Waals surface area contributed by atoms with Gasteiger partial charge in [-0.05, 0) is 30.5 Å². The van der Waals surface area contributed by atoms with E-state index in [1.54, 1.807) is 0 Å². The number of carbonyl (C=O) groups excluding carboxylic acids is 2. The Balaban J connectivity index is 1.77. The second kappa shape index (κ2) is 7.27. The molecule has 0 aliphatic carbocycles. The highest BCUT2D eigenvalue weighted by Crippen LogP contribution is 2.23. The highest BCUT2D eigenvalue weighted by molar-refractivity contribution is 7.91. The quantitative estimate of drug-likeness (QED) is 0.805. The Bertz CT molecular complexity index is 722. The number of anilines is 1. The summed E-state index contributed by atoms with van der Waals surface area (Å²) in [6.45, 7) is -0.522. The average molecular weight is 364 g/mol. The first kappa shape index (κ1) is 17.7. The average Bonchev–Trinajstić information content (AvgIpc) is 2.79. The number of ether oxygens (including phenoxy) is 1. The van der Waals surface area contributed by atoms with Crippen LogP contribution < -0.4 is 5.32 Å². The number of nitrogens with one attached hydrogen (secondary N) is 1. The van der Waals surface area contributed by atoms with Crippen LogP contribution in [0.25, 0.3) is 0 Å². The molecule has 6 nitrogen and oxygen atoms in total. The molecule has 0 radical (unpaired) electrons. The first-order chi connectivity index (χ1) is 10.7. The van der Waals surface area contributed by atoms with Gasteiger partial charge in [0.05, 0.1) is 22.2 Å². The molecule has 0 spiro atoms. The molecule has 1 saturated heterocycles. The Morgan fingerprint density at radius 2 is 2.13 bits per heavy atom. The molecule has 23 heavy (non-hydrogen) atoms. The van der Waals surface area contributed by atoms with Crippen LogP contribution in [0.2, 0.25) is 5.02 Å². The molecule has 0 bridgehead atoms. The highest BCUT2D eigenvalue weighted by atomic mass is 35.5. The van der Waals surface area contributed by atoms with E-state index in [0.29, 0.717) is 6.42 Å². The molecular weight excluding hydrogens is 349 g/mol. The van der Waals surface area contributed by atoms with E-state index in [9.17, 15) is 22.4 Å². The highest BCUT2D eigenvalue weighted by Gasteiger charge is 2.30. The van der Waals surface area contributed by atoms with E-state index in [4.69, 9.17) is 16.3 Å². The maximum absolute atomic E-state index is 12.9. The van der Waals surface area contributed by atoms with Crippen molar-refractivity contribution in [1.29, 1.82) is 0 Å². The molecule has 1 atom stereocenters. The van der Waals surface area contributed by atoms with Crippen LogP contribution in [0.5, 0.6) is 0 Å². The lowest BCUT2D eigenvalue weighted by Gasteiger charge is -2.09. The number of rotatable bonds is 5. The fourth-order valence-corrected chi connectivity index (χ4v) is 4.33. The monoisotopic (exact) mass is 363 g/mol. The fourth-order valence-electron chi connectivity index (χ4n) is 2.25. The first-order valence-electron chi connectivity index (χ1n) is 6.86. The largest absolute Gasteiger partial charge is 0.456 e. The summed E-state index contributed by atoms with van der Waals surface area (Å²) in [5, 5.41) is 2.42. The Labute approximate surface area is 137 Å². The van der Waals surface area contributed by atoms with Gasteiger partial charge in [-0.15, -0.1) is 0 Å². The van der Waals surface area contributed by atoms with Gasteiger partial charge in [0.2, 0.25) is 0 Å². The number of amides is 1. The van der Waals surface area contributed by atoms with Gasteiger partial charge in [0.1, 0.15) is 5.82 Å². The smallest absolute Gasteiger partial charge is 0.306 e. The lowest BCUT2D eigenvalue weighted by molar-refractivity contribution is -0.148. The van der Waals surface area contributed by atoms with Gasteiger partial charge in [-0.25, -0.2) is 12.8 Å². The van der Waals surface area contributed by atoms with Crippen molar-refractivity contribution >= 4 is 39.0 Å². The molecule has 1 aromatic rings. The molecule has 1 heterocycles. The molecule has 2 rings (SSSR count). The number of hydrogen-bond acceptors (Lipinski definition) is 5. The number of benzene rings is 1. The van der Waals surface area contributed by atoms with E-state index < -0.39 is 34.1 Å². The summed E-state index contributed by atoms with van der Waals surface area (Å²) in [5.74, 6) is -2.00. The van der Waals surface area contributed by atoms with Crippen molar-refractivity contribution in [3.05, 3.63) is 29.0 Å². The van der Waals surface area contributed by atoms with E-state index in [2.05, 4.69) is 5.32 Å². The summed E-state index contributed by atoms with van der Waals surface area (Å²) < 4.78 is 40.3. The fraction of sp³-hybridized carbons (Fsp3) is 0.429. The summed E-state index contributed by atoms with van der Waals surface area (Å²) in [6.07, 6.45) is 0.388. The minimum atomic E-state index is -3.05.